The number of methoxy groups -OCH3 is 1. The van der Waals surface area contributed by atoms with Crippen LogP contribution in [0.1, 0.15) is 30.1 Å². The number of hydrogen-bond acceptors (Lipinski definition) is 4. The fourth-order valence-corrected chi connectivity index (χ4v) is 3.05. The van der Waals surface area contributed by atoms with E-state index in [0.29, 0.717) is 17.1 Å². The minimum Gasteiger partial charge on any atom is -0.453 e. The number of nitrogens with zero attached hydrogens (tertiary/aromatic N) is 1. The Morgan fingerprint density at radius 2 is 1.62 bits per heavy atom. The number of carbonyl (C=O) groups excluding carboxylic acids is 1. The Hall–Kier alpha value is -3.08. The van der Waals surface area contributed by atoms with Crippen LogP contribution in [0.25, 0.3) is 22.4 Å². The Bertz CT molecular complexity index is 923. The minimum atomic E-state index is -0.551. The smallest absolute Gasteiger partial charge is 0.411 e. The number of amides is 1. The van der Waals surface area contributed by atoms with Crippen molar-refractivity contribution < 1.29 is 14.1 Å². The van der Waals surface area contributed by atoms with Crippen LogP contribution in [0.4, 0.5) is 10.5 Å². The largest absolute Gasteiger partial charge is 0.453 e. The maximum absolute atomic E-state index is 11.5. The third-order valence-electron chi connectivity index (χ3n) is 4.73. The standard InChI is InChI=1S/C21H20N2O3/c1-13-19(22-21(24)25-2)20(23-26-13)18-11-9-17(10-12-18)16-7-5-15(6-8-16)14-3-4-14/h5-12,14H,3-4H2,1-2H3,(H,22,24). The number of anilines is 1. The first-order valence-electron chi connectivity index (χ1n) is 8.67. The highest BCUT2D eigenvalue weighted by molar-refractivity contribution is 5.91. The van der Waals surface area contributed by atoms with Crippen LogP contribution < -0.4 is 5.32 Å². The van der Waals surface area contributed by atoms with E-state index in [1.807, 2.05) is 24.3 Å². The summed E-state index contributed by atoms with van der Waals surface area (Å²) in [6, 6.07) is 16.8. The number of carbonyl (C=O) groups is 1. The Balaban J connectivity index is 1.59. The molecule has 0 atom stereocenters. The molecule has 4 rings (SSSR count). The molecule has 1 saturated carbocycles. The predicted molar refractivity (Wildman–Crippen MR) is 100 cm³/mol. The molecule has 0 unspecified atom stereocenters. The monoisotopic (exact) mass is 348 g/mol. The molecule has 3 aromatic rings. The number of aryl methyl sites for hydroxylation is 1. The molecule has 0 radical (unpaired) electrons. The summed E-state index contributed by atoms with van der Waals surface area (Å²) in [7, 11) is 1.32. The number of rotatable bonds is 4. The molecule has 0 bridgehead atoms. The molecule has 0 aliphatic heterocycles. The van der Waals surface area contributed by atoms with Crippen LogP contribution in [-0.4, -0.2) is 18.4 Å². The molecule has 1 aliphatic rings. The molecule has 0 spiro atoms. The summed E-state index contributed by atoms with van der Waals surface area (Å²) in [4.78, 5) is 11.5. The van der Waals surface area contributed by atoms with Gasteiger partial charge in [0, 0.05) is 5.56 Å². The van der Waals surface area contributed by atoms with Crippen molar-refractivity contribution in [3.05, 3.63) is 59.9 Å². The lowest BCUT2D eigenvalue weighted by Crippen LogP contribution is -2.11. The van der Waals surface area contributed by atoms with Crippen LogP contribution in [-0.2, 0) is 4.74 Å². The zero-order valence-corrected chi connectivity index (χ0v) is 14.8. The van der Waals surface area contributed by atoms with E-state index < -0.39 is 6.09 Å². The van der Waals surface area contributed by atoms with Gasteiger partial charge in [-0.25, -0.2) is 4.79 Å². The van der Waals surface area contributed by atoms with E-state index in [1.54, 1.807) is 6.92 Å². The molecule has 1 aliphatic carbocycles. The number of nitrogens with one attached hydrogen (secondary N) is 1. The van der Waals surface area contributed by atoms with Gasteiger partial charge in [0.15, 0.2) is 5.76 Å². The molecule has 0 saturated heterocycles. The first-order chi connectivity index (χ1) is 12.7. The molecule has 26 heavy (non-hydrogen) atoms. The molecule has 5 nitrogen and oxygen atoms in total. The summed E-state index contributed by atoms with van der Waals surface area (Å²) in [6.07, 6.45) is 2.07. The second kappa shape index (κ2) is 6.67. The molecule has 1 heterocycles. The summed E-state index contributed by atoms with van der Waals surface area (Å²) in [5.74, 6) is 1.30. The van der Waals surface area contributed by atoms with Gasteiger partial charge in [-0.15, -0.1) is 0 Å². The Morgan fingerprint density at radius 3 is 2.19 bits per heavy atom. The van der Waals surface area contributed by atoms with Crippen molar-refractivity contribution in [1.29, 1.82) is 0 Å². The zero-order chi connectivity index (χ0) is 18.1. The molecule has 5 heteroatoms. The normalized spacial score (nSPS) is 13.5. The Morgan fingerprint density at radius 1 is 1.04 bits per heavy atom. The number of aromatic nitrogens is 1. The molecule has 1 N–H and O–H groups in total. The number of hydrogen-bond donors (Lipinski definition) is 1. The lowest BCUT2D eigenvalue weighted by atomic mass is 10.00. The minimum absolute atomic E-state index is 0.526. The van der Waals surface area contributed by atoms with Gasteiger partial charge in [-0.1, -0.05) is 53.7 Å². The van der Waals surface area contributed by atoms with Crippen molar-refractivity contribution in [1.82, 2.24) is 5.16 Å². The second-order valence-electron chi connectivity index (χ2n) is 6.55. The van der Waals surface area contributed by atoms with Crippen molar-refractivity contribution in [3.63, 3.8) is 0 Å². The van der Waals surface area contributed by atoms with Crippen molar-refractivity contribution in [2.24, 2.45) is 0 Å². The van der Waals surface area contributed by atoms with Crippen LogP contribution in [0.3, 0.4) is 0 Å². The quantitative estimate of drug-likeness (QED) is 0.688. The average Bonchev–Trinajstić information content (AvgIpc) is 3.47. The fourth-order valence-electron chi connectivity index (χ4n) is 3.05. The summed E-state index contributed by atoms with van der Waals surface area (Å²) in [6.45, 7) is 1.75. The lowest BCUT2D eigenvalue weighted by Gasteiger charge is -2.07. The van der Waals surface area contributed by atoms with Gasteiger partial charge >= 0.3 is 6.09 Å². The van der Waals surface area contributed by atoms with E-state index >= 15 is 0 Å². The maximum atomic E-state index is 11.5. The highest BCUT2D eigenvalue weighted by Crippen LogP contribution is 2.40. The van der Waals surface area contributed by atoms with Gasteiger partial charge in [0.1, 0.15) is 11.4 Å². The fraction of sp³-hybridized carbons (Fsp3) is 0.238. The summed E-state index contributed by atoms with van der Waals surface area (Å²) >= 11 is 0. The SMILES string of the molecule is COC(=O)Nc1c(-c2ccc(-c3ccc(C4CC4)cc3)cc2)noc1C. The summed E-state index contributed by atoms with van der Waals surface area (Å²) < 4.78 is 9.89. The van der Waals surface area contributed by atoms with Gasteiger partial charge in [0.2, 0.25) is 0 Å². The van der Waals surface area contributed by atoms with E-state index in [9.17, 15) is 4.79 Å². The van der Waals surface area contributed by atoms with Crippen molar-refractivity contribution >= 4 is 11.8 Å². The van der Waals surface area contributed by atoms with Gasteiger partial charge in [0.25, 0.3) is 0 Å². The highest BCUT2D eigenvalue weighted by Gasteiger charge is 2.23. The Labute approximate surface area is 152 Å². The van der Waals surface area contributed by atoms with E-state index in [0.717, 1.165) is 17.0 Å². The van der Waals surface area contributed by atoms with Crippen LogP contribution in [0.2, 0.25) is 0 Å². The Kier molecular flexibility index (Phi) is 4.21. The van der Waals surface area contributed by atoms with Crippen molar-refractivity contribution in [2.45, 2.75) is 25.7 Å². The second-order valence-corrected chi connectivity index (χ2v) is 6.55. The van der Waals surface area contributed by atoms with Crippen molar-refractivity contribution in [3.8, 4) is 22.4 Å². The third kappa shape index (κ3) is 3.20. The van der Waals surface area contributed by atoms with E-state index in [2.05, 4.69) is 39.5 Å². The van der Waals surface area contributed by atoms with E-state index in [1.165, 1.54) is 31.1 Å². The predicted octanol–water partition coefficient (Wildman–Crippen LogP) is 5.37. The van der Waals surface area contributed by atoms with Gasteiger partial charge in [-0.05, 0) is 42.4 Å². The molecular weight excluding hydrogens is 328 g/mol. The topological polar surface area (TPSA) is 64.4 Å². The molecule has 1 fully saturated rings. The van der Waals surface area contributed by atoms with Gasteiger partial charge in [-0.2, -0.15) is 0 Å². The van der Waals surface area contributed by atoms with Gasteiger partial charge in [-0.3, -0.25) is 5.32 Å². The van der Waals surface area contributed by atoms with Crippen LogP contribution in [0, 0.1) is 6.92 Å². The average molecular weight is 348 g/mol. The summed E-state index contributed by atoms with van der Waals surface area (Å²) in [5.41, 5.74) is 5.74. The van der Waals surface area contributed by atoms with Crippen LogP contribution in [0.5, 0.6) is 0 Å². The molecule has 1 aromatic heterocycles. The summed E-state index contributed by atoms with van der Waals surface area (Å²) in [5, 5.41) is 6.73. The molecule has 1 amide bonds. The van der Waals surface area contributed by atoms with E-state index in [-0.39, 0.29) is 0 Å². The molecular formula is C21H20N2O3. The van der Waals surface area contributed by atoms with Gasteiger partial charge < -0.3 is 9.26 Å². The highest BCUT2D eigenvalue weighted by atomic mass is 16.5. The van der Waals surface area contributed by atoms with Crippen molar-refractivity contribution in [2.75, 3.05) is 12.4 Å². The first-order valence-corrected chi connectivity index (χ1v) is 8.67. The number of ether oxygens (including phenoxy) is 1. The molecule has 132 valence electrons. The van der Waals surface area contributed by atoms with Crippen LogP contribution >= 0.6 is 0 Å². The number of benzene rings is 2. The third-order valence-corrected chi connectivity index (χ3v) is 4.73. The van der Waals surface area contributed by atoms with Gasteiger partial charge in [0.05, 0.1) is 7.11 Å². The molecule has 2 aromatic carbocycles. The first kappa shape index (κ1) is 16.4. The maximum Gasteiger partial charge on any atom is 0.411 e. The van der Waals surface area contributed by atoms with Crippen LogP contribution in [0.15, 0.2) is 53.1 Å². The zero-order valence-electron chi connectivity index (χ0n) is 14.8. The lowest BCUT2D eigenvalue weighted by molar-refractivity contribution is 0.187. The van der Waals surface area contributed by atoms with E-state index in [4.69, 9.17) is 4.52 Å².